The maximum Gasteiger partial charge on any atom is 0.307 e. The third kappa shape index (κ3) is 6.49. The SMILES string of the molecule is C#[N+]/N=C(/c1ccccc1)N(Cc1ccc(-n2c(CC)cc3ccccc32)nc1)c1ccccc1.C/C=C\C. The first kappa shape index (κ1) is 27.1. The summed E-state index contributed by atoms with van der Waals surface area (Å²) in [5.41, 5.74) is 5.38. The van der Waals surface area contributed by atoms with Crippen LogP contribution in [-0.2, 0) is 13.0 Å². The highest BCUT2D eigenvalue weighted by molar-refractivity contribution is 6.10. The lowest BCUT2D eigenvalue weighted by molar-refractivity contribution is 0.916. The van der Waals surface area contributed by atoms with E-state index in [1.165, 1.54) is 16.6 Å². The number of anilines is 1. The Hall–Kier alpha value is -4.95. The van der Waals surface area contributed by atoms with Gasteiger partial charge in [-0.3, -0.25) is 4.57 Å². The molecular weight excluding hydrogens is 478 g/mol. The molecule has 0 atom stereocenters. The number of pyridine rings is 1. The van der Waals surface area contributed by atoms with Gasteiger partial charge in [-0.15, -0.1) is 0 Å². The molecule has 194 valence electrons. The number of allylic oxidation sites excluding steroid dienone is 2. The number of fused-ring (bicyclic) bond motifs is 1. The van der Waals surface area contributed by atoms with E-state index in [4.69, 9.17) is 11.6 Å². The second-order valence-corrected chi connectivity index (χ2v) is 8.90. The Morgan fingerprint density at radius 3 is 2.18 bits per heavy atom. The monoisotopic (exact) mass is 512 g/mol. The molecule has 0 saturated heterocycles. The van der Waals surface area contributed by atoms with Crippen molar-refractivity contribution >= 4 is 22.4 Å². The van der Waals surface area contributed by atoms with Crippen LogP contribution in [0.4, 0.5) is 5.69 Å². The third-order valence-corrected chi connectivity index (χ3v) is 6.37. The van der Waals surface area contributed by atoms with E-state index in [-0.39, 0.29) is 0 Å². The van der Waals surface area contributed by atoms with Gasteiger partial charge < -0.3 is 4.90 Å². The van der Waals surface area contributed by atoms with Crippen LogP contribution >= 0.6 is 0 Å². The average Bonchev–Trinajstić information content (AvgIpc) is 3.39. The zero-order valence-corrected chi connectivity index (χ0v) is 22.8. The summed E-state index contributed by atoms with van der Waals surface area (Å²) in [7, 11) is 0. The fourth-order valence-corrected chi connectivity index (χ4v) is 4.37. The summed E-state index contributed by atoms with van der Waals surface area (Å²) < 4.78 is 2.23. The second-order valence-electron chi connectivity index (χ2n) is 8.90. The van der Waals surface area contributed by atoms with Crippen LogP contribution in [0.3, 0.4) is 0 Å². The lowest BCUT2D eigenvalue weighted by Crippen LogP contribution is -2.31. The first-order valence-corrected chi connectivity index (χ1v) is 13.2. The molecule has 0 radical (unpaired) electrons. The molecule has 0 amide bonds. The molecule has 5 heteroatoms. The summed E-state index contributed by atoms with van der Waals surface area (Å²) in [4.78, 5) is 10.6. The second kappa shape index (κ2) is 13.6. The van der Waals surface area contributed by atoms with Gasteiger partial charge in [0.1, 0.15) is 10.8 Å². The van der Waals surface area contributed by atoms with Crippen LogP contribution in [0.1, 0.15) is 37.6 Å². The van der Waals surface area contributed by atoms with Crippen LogP contribution in [0.15, 0.2) is 127 Å². The Kier molecular flexibility index (Phi) is 9.42. The van der Waals surface area contributed by atoms with Gasteiger partial charge in [-0.25, -0.2) is 4.98 Å². The topological polar surface area (TPSA) is 37.8 Å². The number of amidine groups is 1. The van der Waals surface area contributed by atoms with E-state index in [9.17, 15) is 0 Å². The van der Waals surface area contributed by atoms with Crippen molar-refractivity contribution in [2.24, 2.45) is 5.10 Å². The van der Waals surface area contributed by atoms with Crippen LogP contribution in [0, 0.1) is 6.57 Å². The van der Waals surface area contributed by atoms with Crippen molar-refractivity contribution in [2.45, 2.75) is 33.7 Å². The van der Waals surface area contributed by atoms with Crippen LogP contribution in [0.2, 0.25) is 0 Å². The fraction of sp³-hybridized carbons (Fsp3) is 0.147. The summed E-state index contributed by atoms with van der Waals surface area (Å²) in [6, 6.07) is 34.9. The molecule has 5 nitrogen and oxygen atoms in total. The van der Waals surface area contributed by atoms with Gasteiger partial charge in [0.25, 0.3) is 0 Å². The van der Waals surface area contributed by atoms with Crippen molar-refractivity contribution in [3.05, 3.63) is 143 Å². The number of nitrogens with zero attached hydrogens (tertiary/aromatic N) is 5. The highest BCUT2D eigenvalue weighted by atomic mass is 15.3. The van der Waals surface area contributed by atoms with E-state index >= 15 is 0 Å². The molecule has 39 heavy (non-hydrogen) atoms. The summed E-state index contributed by atoms with van der Waals surface area (Å²) in [6.07, 6.45) is 6.86. The molecule has 2 heterocycles. The fourth-order valence-electron chi connectivity index (χ4n) is 4.37. The largest absolute Gasteiger partial charge is 0.316 e. The molecule has 3 aromatic carbocycles. The van der Waals surface area contributed by atoms with Gasteiger partial charge in [-0.1, -0.05) is 91.9 Å². The van der Waals surface area contributed by atoms with Gasteiger partial charge in [-0.05, 0) is 56.2 Å². The van der Waals surface area contributed by atoms with E-state index < -0.39 is 0 Å². The number of benzene rings is 3. The number of hydrogen-bond acceptors (Lipinski definition) is 2. The van der Waals surface area contributed by atoms with E-state index in [0.29, 0.717) is 12.4 Å². The smallest absolute Gasteiger partial charge is 0.307 e. The van der Waals surface area contributed by atoms with Crippen molar-refractivity contribution in [3.8, 4) is 12.4 Å². The molecule has 0 spiro atoms. The molecule has 0 N–H and O–H groups in total. The van der Waals surface area contributed by atoms with Gasteiger partial charge in [0.15, 0.2) is 5.10 Å². The molecule has 0 aliphatic heterocycles. The lowest BCUT2D eigenvalue weighted by Gasteiger charge is -2.24. The number of para-hydroxylation sites is 2. The summed E-state index contributed by atoms with van der Waals surface area (Å²) >= 11 is 0. The van der Waals surface area contributed by atoms with Crippen molar-refractivity contribution in [1.82, 2.24) is 9.55 Å². The van der Waals surface area contributed by atoms with Crippen LogP contribution in [0.25, 0.3) is 21.7 Å². The Balaban J connectivity index is 0.000000826. The Morgan fingerprint density at radius 2 is 1.56 bits per heavy atom. The molecule has 0 saturated carbocycles. The highest BCUT2D eigenvalue weighted by Crippen LogP contribution is 2.25. The molecule has 0 unspecified atom stereocenters. The summed E-state index contributed by atoms with van der Waals surface area (Å²) in [5, 5.41) is 5.53. The zero-order valence-electron chi connectivity index (χ0n) is 22.8. The minimum atomic E-state index is 0.563. The van der Waals surface area contributed by atoms with E-state index in [1.807, 2.05) is 80.7 Å². The Labute approximate surface area is 231 Å². The van der Waals surface area contributed by atoms with E-state index in [0.717, 1.165) is 29.1 Å². The van der Waals surface area contributed by atoms with E-state index in [1.54, 1.807) is 0 Å². The van der Waals surface area contributed by atoms with Crippen molar-refractivity contribution in [3.63, 3.8) is 0 Å². The third-order valence-electron chi connectivity index (χ3n) is 6.37. The number of rotatable bonds is 6. The van der Waals surface area contributed by atoms with Crippen LogP contribution in [-0.4, -0.2) is 15.4 Å². The molecule has 0 fully saturated rings. The molecule has 2 aromatic heterocycles. The minimum absolute atomic E-state index is 0.563. The first-order valence-electron chi connectivity index (χ1n) is 13.2. The molecular formula is C34H34N5+. The van der Waals surface area contributed by atoms with Gasteiger partial charge in [-0.2, -0.15) is 0 Å². The van der Waals surface area contributed by atoms with Gasteiger partial charge in [0.05, 0.1) is 12.1 Å². The van der Waals surface area contributed by atoms with Crippen LogP contribution in [0.5, 0.6) is 0 Å². The molecule has 0 bridgehead atoms. The maximum atomic E-state index is 5.52. The predicted octanol–water partition coefficient (Wildman–Crippen LogP) is 8.50. The molecule has 0 aliphatic rings. The average molecular weight is 513 g/mol. The van der Waals surface area contributed by atoms with Crippen LogP contribution < -0.4 is 4.90 Å². The number of aromatic nitrogens is 2. The normalized spacial score (nSPS) is 11.2. The van der Waals surface area contributed by atoms with Crippen molar-refractivity contribution in [2.75, 3.05) is 4.90 Å². The molecule has 5 rings (SSSR count). The predicted molar refractivity (Wildman–Crippen MR) is 165 cm³/mol. The minimum Gasteiger partial charge on any atom is -0.316 e. The maximum absolute atomic E-state index is 5.52. The van der Waals surface area contributed by atoms with Gasteiger partial charge >= 0.3 is 6.57 Å². The van der Waals surface area contributed by atoms with Crippen molar-refractivity contribution in [1.29, 1.82) is 0 Å². The summed E-state index contributed by atoms with van der Waals surface area (Å²) in [6.45, 7) is 12.3. The van der Waals surface area contributed by atoms with E-state index in [2.05, 4.69) is 81.0 Å². The standard InChI is InChI=1S/C30H26N5.C4H8/c1-3-26-20-25-14-10-11-17-28(25)35(26)29-19-18-23(21-32-29)22-34(27-15-8-5-9-16-27)30(33-31-2)24-12-6-4-7-13-24;1-3-4-2/h2,4-21H,3,22H2,1H3;3-4H,1-2H3/q+1;/b33-30-;4-3-. The molecule has 5 aromatic rings. The Bertz CT molecular complexity index is 1570. The first-order chi connectivity index (χ1) is 19.2. The number of hydrogen-bond donors (Lipinski definition) is 0. The quantitative estimate of drug-likeness (QED) is 0.0990. The highest BCUT2D eigenvalue weighted by Gasteiger charge is 2.20. The van der Waals surface area contributed by atoms with Gasteiger partial charge in [0.2, 0.25) is 5.84 Å². The summed E-state index contributed by atoms with van der Waals surface area (Å²) in [5.74, 6) is 1.58. The number of aryl methyl sites for hydroxylation is 1. The zero-order chi connectivity index (χ0) is 27.5. The van der Waals surface area contributed by atoms with Crippen molar-refractivity contribution < 1.29 is 0 Å². The van der Waals surface area contributed by atoms with Gasteiger partial charge in [0, 0.05) is 28.5 Å². The molecule has 0 aliphatic carbocycles. The Morgan fingerprint density at radius 1 is 0.897 bits per heavy atom. The lowest BCUT2D eigenvalue weighted by atomic mass is 10.1.